The van der Waals surface area contributed by atoms with Gasteiger partial charge >= 0.3 is 0 Å². The maximum absolute atomic E-state index is 9.67. The molecule has 1 atom stereocenters. The molecule has 2 N–H and O–H groups in total. The Morgan fingerprint density at radius 1 is 1.31 bits per heavy atom. The van der Waals surface area contributed by atoms with E-state index in [4.69, 9.17) is 5.11 Å². The van der Waals surface area contributed by atoms with Crippen molar-refractivity contribution in [3.05, 3.63) is 35.9 Å². The van der Waals surface area contributed by atoms with Crippen LogP contribution in [-0.2, 0) is 0 Å². The van der Waals surface area contributed by atoms with Gasteiger partial charge in [-0.15, -0.1) is 0 Å². The molecular weight excluding hydrogens is 166 g/mol. The second kappa shape index (κ2) is 4.97. The highest BCUT2D eigenvalue weighted by Crippen LogP contribution is 2.12. The van der Waals surface area contributed by atoms with Gasteiger partial charge in [0.2, 0.25) is 0 Å². The van der Waals surface area contributed by atoms with Gasteiger partial charge in [-0.05, 0) is 12.6 Å². The molecule has 0 saturated carbocycles. The molecule has 0 amide bonds. The summed E-state index contributed by atoms with van der Waals surface area (Å²) in [6, 6.07) is 9.42. The highest BCUT2D eigenvalue weighted by atomic mass is 16.3. The minimum atomic E-state index is -0.529. The second-order valence-electron chi connectivity index (χ2n) is 3.11. The van der Waals surface area contributed by atoms with Crippen molar-refractivity contribution in [2.24, 2.45) is 0 Å². The van der Waals surface area contributed by atoms with E-state index in [1.165, 1.54) is 0 Å². The van der Waals surface area contributed by atoms with Gasteiger partial charge < -0.3 is 10.2 Å². The molecule has 1 rings (SSSR count). The third-order valence-corrected chi connectivity index (χ3v) is 1.91. The van der Waals surface area contributed by atoms with Crippen LogP contribution in [0.4, 0.5) is 0 Å². The molecule has 3 heteroatoms. The van der Waals surface area contributed by atoms with E-state index in [1.54, 1.807) is 11.9 Å². The van der Waals surface area contributed by atoms with Gasteiger partial charge in [0, 0.05) is 6.54 Å². The van der Waals surface area contributed by atoms with E-state index in [-0.39, 0.29) is 6.73 Å². The summed E-state index contributed by atoms with van der Waals surface area (Å²) in [5.41, 5.74) is 0.878. The molecule has 1 aromatic carbocycles. The summed E-state index contributed by atoms with van der Waals surface area (Å²) in [6.45, 7) is 0.407. The smallest absolute Gasteiger partial charge is 0.0955 e. The average Bonchev–Trinajstić information content (AvgIpc) is 2.19. The number of hydrogen-bond donors (Lipinski definition) is 2. The number of rotatable bonds is 4. The van der Waals surface area contributed by atoms with Gasteiger partial charge in [-0.1, -0.05) is 30.3 Å². The van der Waals surface area contributed by atoms with Gasteiger partial charge in [-0.25, -0.2) is 0 Å². The van der Waals surface area contributed by atoms with Crippen molar-refractivity contribution in [3.8, 4) is 0 Å². The molecule has 0 spiro atoms. The highest BCUT2D eigenvalue weighted by Gasteiger charge is 2.08. The number of aliphatic hydroxyl groups is 2. The number of nitrogens with zero attached hydrogens (tertiary/aromatic N) is 1. The molecule has 3 nitrogen and oxygen atoms in total. The molecule has 0 aromatic heterocycles. The minimum absolute atomic E-state index is 0.0378. The van der Waals surface area contributed by atoms with Crippen LogP contribution in [0.1, 0.15) is 11.7 Å². The maximum Gasteiger partial charge on any atom is 0.0955 e. The zero-order chi connectivity index (χ0) is 9.68. The molecule has 0 aliphatic rings. The first-order valence-corrected chi connectivity index (χ1v) is 4.26. The van der Waals surface area contributed by atoms with Crippen LogP contribution in [0, 0.1) is 0 Å². The second-order valence-corrected chi connectivity index (χ2v) is 3.11. The standard InChI is InChI=1S/C10H15NO2/c1-11(8-12)7-10(13)9-5-3-2-4-6-9/h2-6,10,12-13H,7-8H2,1H3/t10-/m0/s1. The number of hydrogen-bond acceptors (Lipinski definition) is 3. The molecule has 0 saturated heterocycles. The van der Waals surface area contributed by atoms with Crippen molar-refractivity contribution < 1.29 is 10.2 Å². The van der Waals surface area contributed by atoms with Crippen molar-refractivity contribution in [2.75, 3.05) is 20.3 Å². The molecule has 72 valence electrons. The SMILES string of the molecule is CN(CO)C[C@H](O)c1ccccc1. The van der Waals surface area contributed by atoms with Crippen LogP contribution in [0.3, 0.4) is 0 Å². The molecule has 13 heavy (non-hydrogen) atoms. The van der Waals surface area contributed by atoms with Crippen molar-refractivity contribution >= 4 is 0 Å². The van der Waals surface area contributed by atoms with Gasteiger partial charge in [-0.2, -0.15) is 0 Å². The van der Waals surface area contributed by atoms with Gasteiger partial charge in [0.05, 0.1) is 12.8 Å². The number of likely N-dealkylation sites (N-methyl/N-ethyl adjacent to an activating group) is 1. The molecule has 0 unspecified atom stereocenters. The summed E-state index contributed by atoms with van der Waals surface area (Å²) in [7, 11) is 1.76. The van der Waals surface area contributed by atoms with Crippen LogP contribution in [-0.4, -0.2) is 35.4 Å². The molecular formula is C10H15NO2. The van der Waals surface area contributed by atoms with E-state index in [9.17, 15) is 5.11 Å². The monoisotopic (exact) mass is 181 g/mol. The summed E-state index contributed by atoms with van der Waals surface area (Å²) in [6.07, 6.45) is -0.529. The Morgan fingerprint density at radius 3 is 2.46 bits per heavy atom. The Kier molecular flexibility index (Phi) is 3.89. The van der Waals surface area contributed by atoms with Crippen molar-refractivity contribution in [2.45, 2.75) is 6.10 Å². The van der Waals surface area contributed by atoms with Crippen molar-refractivity contribution in [1.29, 1.82) is 0 Å². The summed E-state index contributed by atoms with van der Waals surface area (Å²) in [4.78, 5) is 1.65. The van der Waals surface area contributed by atoms with Crippen LogP contribution in [0.2, 0.25) is 0 Å². The maximum atomic E-state index is 9.67. The Balaban J connectivity index is 2.53. The first-order valence-electron chi connectivity index (χ1n) is 4.26. The predicted octanol–water partition coefficient (Wildman–Crippen LogP) is 0.602. The minimum Gasteiger partial charge on any atom is -0.387 e. The van der Waals surface area contributed by atoms with E-state index in [0.29, 0.717) is 6.54 Å². The van der Waals surface area contributed by atoms with Crippen LogP contribution >= 0.6 is 0 Å². The topological polar surface area (TPSA) is 43.7 Å². The Morgan fingerprint density at radius 2 is 1.92 bits per heavy atom. The van der Waals surface area contributed by atoms with E-state index < -0.39 is 6.10 Å². The van der Waals surface area contributed by atoms with E-state index in [0.717, 1.165) is 5.56 Å². The molecule has 0 aliphatic heterocycles. The molecule has 0 fully saturated rings. The lowest BCUT2D eigenvalue weighted by atomic mass is 10.1. The molecule has 0 heterocycles. The van der Waals surface area contributed by atoms with Crippen molar-refractivity contribution in [3.63, 3.8) is 0 Å². The summed E-state index contributed by atoms with van der Waals surface area (Å²) in [5, 5.41) is 18.4. The zero-order valence-electron chi connectivity index (χ0n) is 7.72. The van der Waals surface area contributed by atoms with Gasteiger partial charge in [0.1, 0.15) is 0 Å². The van der Waals surface area contributed by atoms with Gasteiger partial charge in [0.15, 0.2) is 0 Å². The lowest BCUT2D eigenvalue weighted by Crippen LogP contribution is -2.25. The fraction of sp³-hybridized carbons (Fsp3) is 0.400. The molecule has 1 aromatic rings. The Hall–Kier alpha value is -0.900. The molecule has 0 bridgehead atoms. The number of aliphatic hydroxyl groups excluding tert-OH is 2. The first-order chi connectivity index (χ1) is 6.24. The zero-order valence-corrected chi connectivity index (χ0v) is 7.72. The largest absolute Gasteiger partial charge is 0.387 e. The lowest BCUT2D eigenvalue weighted by molar-refractivity contribution is 0.0700. The predicted molar refractivity (Wildman–Crippen MR) is 51.1 cm³/mol. The van der Waals surface area contributed by atoms with Crippen LogP contribution in [0.5, 0.6) is 0 Å². The molecule has 0 aliphatic carbocycles. The van der Waals surface area contributed by atoms with Crippen LogP contribution < -0.4 is 0 Å². The summed E-state index contributed by atoms with van der Waals surface area (Å²) in [5.74, 6) is 0. The van der Waals surface area contributed by atoms with E-state index in [2.05, 4.69) is 0 Å². The van der Waals surface area contributed by atoms with Crippen LogP contribution in [0.15, 0.2) is 30.3 Å². The van der Waals surface area contributed by atoms with Gasteiger partial charge in [-0.3, -0.25) is 4.90 Å². The van der Waals surface area contributed by atoms with Gasteiger partial charge in [0.25, 0.3) is 0 Å². The first kappa shape index (κ1) is 10.2. The third-order valence-electron chi connectivity index (χ3n) is 1.91. The Bertz CT molecular complexity index is 238. The summed E-state index contributed by atoms with van der Waals surface area (Å²) < 4.78 is 0. The molecule has 0 radical (unpaired) electrons. The summed E-state index contributed by atoms with van der Waals surface area (Å²) >= 11 is 0. The van der Waals surface area contributed by atoms with E-state index in [1.807, 2.05) is 30.3 Å². The fourth-order valence-corrected chi connectivity index (χ4v) is 1.13. The van der Waals surface area contributed by atoms with Crippen molar-refractivity contribution in [1.82, 2.24) is 4.90 Å². The number of benzene rings is 1. The third kappa shape index (κ3) is 3.14. The average molecular weight is 181 g/mol. The fourth-order valence-electron chi connectivity index (χ4n) is 1.13. The lowest BCUT2D eigenvalue weighted by Gasteiger charge is -2.17. The van der Waals surface area contributed by atoms with Crippen LogP contribution in [0.25, 0.3) is 0 Å². The Labute approximate surface area is 78.2 Å². The van der Waals surface area contributed by atoms with E-state index >= 15 is 0 Å². The highest BCUT2D eigenvalue weighted by molar-refractivity contribution is 5.17. The quantitative estimate of drug-likeness (QED) is 0.669. The normalized spacial score (nSPS) is 13.2.